The molecule has 0 aliphatic carbocycles. The third kappa shape index (κ3) is 4.70. The fourth-order valence-corrected chi connectivity index (χ4v) is 4.66. The molecule has 0 unspecified atom stereocenters. The van der Waals surface area contributed by atoms with Crippen molar-refractivity contribution in [3.8, 4) is 0 Å². The Kier molecular flexibility index (Phi) is 5.78. The topological polar surface area (TPSA) is 89.3 Å². The average molecular weight is 371 g/mol. The van der Waals surface area contributed by atoms with Crippen LogP contribution in [-0.2, 0) is 26.5 Å². The normalized spacial score (nSPS) is 17.6. The molecule has 0 atom stereocenters. The van der Waals surface area contributed by atoms with E-state index in [9.17, 15) is 13.2 Å². The maximum absolute atomic E-state index is 12.8. The number of carbonyl (C=O) groups is 1. The van der Waals surface area contributed by atoms with Gasteiger partial charge in [-0.15, -0.1) is 0 Å². The number of rotatable bonds is 6. The fourth-order valence-electron chi connectivity index (χ4n) is 2.87. The van der Waals surface area contributed by atoms with Crippen molar-refractivity contribution in [1.82, 2.24) is 10.5 Å². The largest absolute Gasteiger partial charge is 0.361 e. The molecule has 0 amide bonds. The number of hydrogen-bond donors (Lipinski definition) is 1. The Balaban J connectivity index is 2.09. The van der Waals surface area contributed by atoms with Crippen LogP contribution in [0.15, 0.2) is 10.6 Å². The monoisotopic (exact) mass is 370 g/mol. The van der Waals surface area contributed by atoms with E-state index in [0.29, 0.717) is 11.5 Å². The third-order valence-electron chi connectivity index (χ3n) is 5.00. The van der Waals surface area contributed by atoms with Gasteiger partial charge in [-0.2, -0.15) is 0 Å². The third-order valence-corrected chi connectivity index (χ3v) is 7.70. The fraction of sp³-hybridized carbons (Fsp3) is 0.778. The summed E-state index contributed by atoms with van der Waals surface area (Å²) in [5.41, 5.74) is 0.283. The molecule has 1 aromatic rings. The summed E-state index contributed by atoms with van der Waals surface area (Å²) >= 11 is 0. The molecule has 7 heteroatoms. The van der Waals surface area contributed by atoms with Gasteiger partial charge >= 0.3 is 0 Å². The molecule has 2 rings (SSSR count). The van der Waals surface area contributed by atoms with Crippen LogP contribution in [0.4, 0.5) is 0 Å². The van der Waals surface area contributed by atoms with E-state index in [1.807, 2.05) is 20.8 Å². The summed E-state index contributed by atoms with van der Waals surface area (Å²) in [4.78, 5) is 12.7. The quantitative estimate of drug-likeness (QED) is 0.826. The van der Waals surface area contributed by atoms with Gasteiger partial charge in [0.25, 0.3) is 0 Å². The highest BCUT2D eigenvalue weighted by Gasteiger charge is 2.42. The van der Waals surface area contributed by atoms with Crippen molar-refractivity contribution in [2.24, 2.45) is 5.92 Å². The molecule has 1 aliphatic heterocycles. The summed E-state index contributed by atoms with van der Waals surface area (Å²) in [6.45, 7) is 10.7. The second-order valence-electron chi connectivity index (χ2n) is 8.52. The molecule has 0 aromatic carbocycles. The zero-order valence-corrected chi connectivity index (χ0v) is 16.7. The lowest BCUT2D eigenvalue weighted by Crippen LogP contribution is -2.45. The van der Waals surface area contributed by atoms with E-state index in [-0.39, 0.29) is 29.3 Å². The van der Waals surface area contributed by atoms with Gasteiger partial charge in [0, 0.05) is 11.5 Å². The van der Waals surface area contributed by atoms with Crippen LogP contribution < -0.4 is 5.32 Å². The number of Topliss-reactive ketones (excluding diaryl/α,β-unsaturated/α-hetero) is 1. The van der Waals surface area contributed by atoms with Gasteiger partial charge in [-0.1, -0.05) is 25.9 Å². The molecule has 0 bridgehead atoms. The number of carbonyl (C=O) groups excluding carboxylic acids is 1. The molecule has 0 radical (unpaired) electrons. The number of nitrogens with one attached hydrogen (secondary N) is 1. The summed E-state index contributed by atoms with van der Waals surface area (Å²) in [5.74, 6) is 0.540. The minimum Gasteiger partial charge on any atom is -0.361 e. The number of hydrogen-bond acceptors (Lipinski definition) is 6. The Hall–Kier alpha value is -1.21. The maximum Gasteiger partial charge on any atom is 0.162 e. The Morgan fingerprint density at radius 1 is 1.24 bits per heavy atom. The van der Waals surface area contributed by atoms with Crippen LogP contribution in [0.3, 0.4) is 0 Å². The second-order valence-corrected chi connectivity index (χ2v) is 11.1. The Morgan fingerprint density at radius 2 is 1.84 bits per heavy atom. The first kappa shape index (κ1) is 20.1. The highest BCUT2D eigenvalue weighted by molar-refractivity contribution is 7.93. The van der Waals surface area contributed by atoms with E-state index >= 15 is 0 Å². The smallest absolute Gasteiger partial charge is 0.162 e. The van der Waals surface area contributed by atoms with E-state index in [2.05, 4.69) is 10.5 Å². The molecule has 142 valence electrons. The first-order valence-electron chi connectivity index (χ1n) is 8.86. The molecule has 1 aliphatic rings. The number of ketones is 1. The van der Waals surface area contributed by atoms with E-state index in [0.717, 1.165) is 25.9 Å². The van der Waals surface area contributed by atoms with E-state index in [1.54, 1.807) is 6.07 Å². The predicted molar refractivity (Wildman–Crippen MR) is 97.4 cm³/mol. The van der Waals surface area contributed by atoms with Gasteiger partial charge in [0.2, 0.25) is 0 Å². The van der Waals surface area contributed by atoms with Gasteiger partial charge in [0.15, 0.2) is 15.6 Å². The zero-order chi connectivity index (χ0) is 18.9. The average Bonchev–Trinajstić information content (AvgIpc) is 2.96. The minimum absolute atomic E-state index is 0.0297. The molecule has 0 spiro atoms. The second kappa shape index (κ2) is 7.19. The van der Waals surface area contributed by atoms with Gasteiger partial charge in [0.05, 0.1) is 17.9 Å². The highest BCUT2D eigenvalue weighted by Crippen LogP contribution is 2.27. The lowest BCUT2D eigenvalue weighted by molar-refractivity contribution is -0.120. The van der Waals surface area contributed by atoms with Crippen molar-refractivity contribution < 1.29 is 17.7 Å². The summed E-state index contributed by atoms with van der Waals surface area (Å²) in [6.07, 6.45) is 1.64. The molecule has 1 saturated heterocycles. The van der Waals surface area contributed by atoms with Crippen LogP contribution >= 0.6 is 0 Å². The molecule has 6 nitrogen and oxygen atoms in total. The van der Waals surface area contributed by atoms with Crippen molar-refractivity contribution in [3.63, 3.8) is 0 Å². The van der Waals surface area contributed by atoms with Gasteiger partial charge < -0.3 is 9.84 Å². The highest BCUT2D eigenvalue weighted by atomic mass is 32.2. The maximum atomic E-state index is 12.8. The van der Waals surface area contributed by atoms with Crippen LogP contribution in [0.5, 0.6) is 0 Å². The van der Waals surface area contributed by atoms with Crippen LogP contribution in [0.2, 0.25) is 0 Å². The lowest BCUT2D eigenvalue weighted by Gasteiger charge is -2.28. The van der Waals surface area contributed by atoms with Crippen molar-refractivity contribution >= 4 is 15.6 Å². The predicted octanol–water partition coefficient (Wildman–Crippen LogP) is 2.28. The molecule has 0 saturated carbocycles. The van der Waals surface area contributed by atoms with Crippen LogP contribution in [0.1, 0.15) is 58.9 Å². The van der Waals surface area contributed by atoms with Crippen molar-refractivity contribution in [1.29, 1.82) is 0 Å². The molecule has 2 heterocycles. The molecular formula is C18H30N2O4S. The van der Waals surface area contributed by atoms with Crippen molar-refractivity contribution in [2.75, 3.05) is 18.8 Å². The van der Waals surface area contributed by atoms with Gasteiger partial charge in [-0.25, -0.2) is 8.42 Å². The standard InChI is InChI=1S/C18H30N2O4S/c1-17(2,3)16-11-14(20-24-16)10-15(21)18(4,5)25(22,23)12-13-6-8-19-9-7-13/h11,13,19H,6-10,12H2,1-5H3. The summed E-state index contributed by atoms with van der Waals surface area (Å²) < 4.78 is 29.5. The Bertz CT molecular complexity index is 708. The van der Waals surface area contributed by atoms with Crippen LogP contribution in [0, 0.1) is 5.92 Å². The summed E-state index contributed by atoms with van der Waals surface area (Å²) in [5, 5.41) is 7.16. The van der Waals surface area contributed by atoms with Crippen LogP contribution in [-0.4, -0.2) is 42.9 Å². The molecule has 1 fully saturated rings. The Morgan fingerprint density at radius 3 is 2.36 bits per heavy atom. The van der Waals surface area contributed by atoms with E-state index < -0.39 is 14.6 Å². The van der Waals surface area contributed by atoms with Gasteiger partial charge in [0.1, 0.15) is 10.5 Å². The zero-order valence-electron chi connectivity index (χ0n) is 15.9. The number of sulfone groups is 1. The minimum atomic E-state index is -3.54. The number of nitrogens with zero attached hydrogens (tertiary/aromatic N) is 1. The number of aromatic nitrogens is 1. The first-order valence-corrected chi connectivity index (χ1v) is 10.5. The molecule has 1 N–H and O–H groups in total. The van der Waals surface area contributed by atoms with E-state index in [4.69, 9.17) is 4.52 Å². The lowest BCUT2D eigenvalue weighted by atomic mass is 9.92. The van der Waals surface area contributed by atoms with Crippen molar-refractivity contribution in [3.05, 3.63) is 17.5 Å². The van der Waals surface area contributed by atoms with Gasteiger partial charge in [-0.05, 0) is 45.7 Å². The SMILES string of the molecule is CC(C)(C)c1cc(CC(=O)C(C)(C)S(=O)(=O)CC2CCNCC2)no1. The molecule has 25 heavy (non-hydrogen) atoms. The Labute approximate surface area is 150 Å². The molecule has 1 aromatic heterocycles. The first-order chi connectivity index (χ1) is 11.4. The summed E-state index contributed by atoms with van der Waals surface area (Å²) in [6, 6.07) is 1.74. The van der Waals surface area contributed by atoms with Gasteiger partial charge in [-0.3, -0.25) is 4.79 Å². The van der Waals surface area contributed by atoms with Crippen LogP contribution in [0.25, 0.3) is 0 Å². The van der Waals surface area contributed by atoms with Crippen molar-refractivity contribution in [2.45, 2.75) is 64.0 Å². The molecular weight excluding hydrogens is 340 g/mol. The van der Waals surface area contributed by atoms with E-state index in [1.165, 1.54) is 13.8 Å². The summed E-state index contributed by atoms with van der Waals surface area (Å²) in [7, 11) is -3.54. The number of piperidine rings is 1.